The fraction of sp³-hybridized carbons (Fsp3) is 0.400. The van der Waals surface area contributed by atoms with Crippen molar-refractivity contribution < 1.29 is 9.84 Å². The topological polar surface area (TPSA) is 63.5 Å². The first-order valence-corrected chi connectivity index (χ1v) is 6.63. The second-order valence-electron chi connectivity index (χ2n) is 4.80. The second kappa shape index (κ2) is 6.54. The monoisotopic (exact) mass is 276 g/mol. The van der Waals surface area contributed by atoms with Crippen molar-refractivity contribution in [2.75, 3.05) is 25.6 Å². The number of aliphatic hydroxyl groups is 1. The Morgan fingerprint density at radius 1 is 1.40 bits per heavy atom. The molecule has 1 aromatic heterocycles. The summed E-state index contributed by atoms with van der Waals surface area (Å²) in [7, 11) is 3.32. The lowest BCUT2D eigenvalue weighted by Gasteiger charge is -2.14. The Morgan fingerprint density at radius 2 is 2.15 bits per heavy atom. The van der Waals surface area contributed by atoms with E-state index in [-0.39, 0.29) is 5.56 Å². The molecule has 108 valence electrons. The molecule has 0 spiro atoms. The van der Waals surface area contributed by atoms with E-state index in [9.17, 15) is 9.90 Å². The molecule has 1 aromatic carbocycles. The number of hydrogen-bond acceptors (Lipinski definition) is 4. The van der Waals surface area contributed by atoms with E-state index in [0.29, 0.717) is 19.6 Å². The molecule has 0 radical (unpaired) electrons. The van der Waals surface area contributed by atoms with Gasteiger partial charge in [-0.3, -0.25) is 4.79 Å². The first-order chi connectivity index (χ1) is 9.63. The number of hydrogen-bond donors (Lipinski definition) is 2. The van der Waals surface area contributed by atoms with Crippen LogP contribution in [-0.4, -0.2) is 36.0 Å². The molecule has 0 fully saturated rings. The highest BCUT2D eigenvalue weighted by Gasteiger charge is 2.07. The van der Waals surface area contributed by atoms with Crippen LogP contribution in [0.4, 0.5) is 5.69 Å². The summed E-state index contributed by atoms with van der Waals surface area (Å²) >= 11 is 0. The Morgan fingerprint density at radius 3 is 2.90 bits per heavy atom. The maximum atomic E-state index is 11.9. The zero-order valence-electron chi connectivity index (χ0n) is 11.8. The zero-order valence-corrected chi connectivity index (χ0v) is 11.8. The van der Waals surface area contributed by atoms with Crippen LogP contribution in [0, 0.1) is 0 Å². The van der Waals surface area contributed by atoms with Gasteiger partial charge in [0.05, 0.1) is 18.2 Å². The number of nitrogens with zero attached hydrogens (tertiary/aromatic N) is 1. The number of anilines is 1. The highest BCUT2D eigenvalue weighted by atomic mass is 16.5. The molecule has 1 atom stereocenters. The Hall–Kier alpha value is -1.85. The maximum absolute atomic E-state index is 11.9. The van der Waals surface area contributed by atoms with Crippen molar-refractivity contribution in [1.82, 2.24) is 4.57 Å². The van der Waals surface area contributed by atoms with Gasteiger partial charge in [-0.2, -0.15) is 0 Å². The molecular weight excluding hydrogens is 256 g/mol. The van der Waals surface area contributed by atoms with Crippen molar-refractivity contribution in [3.63, 3.8) is 0 Å². The van der Waals surface area contributed by atoms with Gasteiger partial charge < -0.3 is 19.7 Å². The molecule has 1 heterocycles. The maximum Gasteiger partial charge on any atom is 0.252 e. The van der Waals surface area contributed by atoms with Gasteiger partial charge in [0, 0.05) is 37.8 Å². The van der Waals surface area contributed by atoms with Gasteiger partial charge >= 0.3 is 0 Å². The number of para-hydroxylation sites is 1. The lowest BCUT2D eigenvalue weighted by Crippen LogP contribution is -2.20. The Balaban J connectivity index is 2.18. The van der Waals surface area contributed by atoms with Crippen LogP contribution < -0.4 is 10.9 Å². The molecule has 0 aliphatic rings. The number of methoxy groups -OCH3 is 1. The molecule has 5 heteroatoms. The predicted molar refractivity (Wildman–Crippen MR) is 80.2 cm³/mol. The minimum atomic E-state index is -0.495. The minimum Gasteiger partial charge on any atom is -0.391 e. The van der Waals surface area contributed by atoms with E-state index in [2.05, 4.69) is 5.32 Å². The summed E-state index contributed by atoms with van der Waals surface area (Å²) in [5.74, 6) is 0. The minimum absolute atomic E-state index is 0.0522. The van der Waals surface area contributed by atoms with Crippen LogP contribution in [-0.2, 0) is 11.8 Å². The van der Waals surface area contributed by atoms with Crippen molar-refractivity contribution in [2.24, 2.45) is 7.05 Å². The quantitative estimate of drug-likeness (QED) is 0.836. The highest BCUT2D eigenvalue weighted by molar-refractivity contribution is 5.91. The van der Waals surface area contributed by atoms with E-state index < -0.39 is 6.10 Å². The van der Waals surface area contributed by atoms with Gasteiger partial charge in [0.15, 0.2) is 0 Å². The van der Waals surface area contributed by atoms with Crippen LogP contribution in [0.25, 0.3) is 10.9 Å². The van der Waals surface area contributed by atoms with Crippen molar-refractivity contribution >= 4 is 16.6 Å². The van der Waals surface area contributed by atoms with Gasteiger partial charge in [-0.25, -0.2) is 0 Å². The molecule has 0 aliphatic carbocycles. The van der Waals surface area contributed by atoms with E-state index in [1.807, 2.05) is 24.3 Å². The van der Waals surface area contributed by atoms with Crippen LogP contribution >= 0.6 is 0 Å². The molecule has 2 rings (SSSR count). The first-order valence-electron chi connectivity index (χ1n) is 6.63. The van der Waals surface area contributed by atoms with Crippen LogP contribution in [0.5, 0.6) is 0 Å². The van der Waals surface area contributed by atoms with Crippen LogP contribution in [0.2, 0.25) is 0 Å². The summed E-state index contributed by atoms with van der Waals surface area (Å²) in [6.07, 6.45) is 0.0718. The first kappa shape index (κ1) is 14.6. The average molecular weight is 276 g/mol. The zero-order chi connectivity index (χ0) is 14.5. The largest absolute Gasteiger partial charge is 0.391 e. The number of fused-ring (bicyclic) bond motifs is 1. The summed E-state index contributed by atoms with van der Waals surface area (Å²) < 4.78 is 6.51. The normalized spacial score (nSPS) is 12.6. The lowest BCUT2D eigenvalue weighted by atomic mass is 10.1. The number of benzene rings is 1. The summed E-state index contributed by atoms with van der Waals surface area (Å²) in [5, 5.41) is 13.8. The molecule has 1 unspecified atom stereocenters. The number of pyridine rings is 1. The summed E-state index contributed by atoms with van der Waals surface area (Å²) in [6.45, 7) is 0.903. The van der Waals surface area contributed by atoms with E-state index in [0.717, 1.165) is 16.6 Å². The molecule has 0 amide bonds. The highest BCUT2D eigenvalue weighted by Crippen LogP contribution is 2.20. The molecule has 0 aliphatic heterocycles. The average Bonchev–Trinajstić information content (AvgIpc) is 2.44. The van der Waals surface area contributed by atoms with Crippen molar-refractivity contribution in [1.29, 1.82) is 0 Å². The third kappa shape index (κ3) is 3.18. The Bertz CT molecular complexity index is 637. The SMILES string of the molecule is COCC(O)CCNc1cc(=O)n(C)c2ccccc12. The molecule has 5 nitrogen and oxygen atoms in total. The standard InChI is InChI=1S/C15H20N2O3/c1-17-14-6-4-3-5-12(14)13(9-15(17)19)16-8-7-11(18)10-20-2/h3-6,9,11,16,18H,7-8,10H2,1-2H3. The number of rotatable bonds is 6. The number of nitrogens with one attached hydrogen (secondary N) is 1. The molecule has 20 heavy (non-hydrogen) atoms. The van der Waals surface area contributed by atoms with Crippen molar-refractivity contribution in [3.05, 3.63) is 40.7 Å². The van der Waals surface area contributed by atoms with Crippen LogP contribution in [0.3, 0.4) is 0 Å². The summed E-state index contributed by atoms with van der Waals surface area (Å²) in [6, 6.07) is 9.33. The number of ether oxygens (including phenoxy) is 1. The second-order valence-corrected chi connectivity index (χ2v) is 4.80. The summed E-state index contributed by atoms with van der Waals surface area (Å²) in [4.78, 5) is 11.9. The van der Waals surface area contributed by atoms with Crippen molar-refractivity contribution in [3.8, 4) is 0 Å². The molecule has 2 N–H and O–H groups in total. The third-order valence-electron chi connectivity index (χ3n) is 3.31. The van der Waals surface area contributed by atoms with E-state index in [1.165, 1.54) is 0 Å². The fourth-order valence-electron chi connectivity index (χ4n) is 2.21. The number of aliphatic hydroxyl groups excluding tert-OH is 1. The molecule has 0 saturated heterocycles. The van der Waals surface area contributed by atoms with E-state index >= 15 is 0 Å². The predicted octanol–water partition coefficient (Wildman–Crippen LogP) is 1.35. The molecular formula is C15H20N2O3. The van der Waals surface area contributed by atoms with Crippen LogP contribution in [0.15, 0.2) is 35.1 Å². The fourth-order valence-corrected chi connectivity index (χ4v) is 2.21. The van der Waals surface area contributed by atoms with Crippen LogP contribution in [0.1, 0.15) is 6.42 Å². The van der Waals surface area contributed by atoms with Gasteiger partial charge in [0.25, 0.3) is 5.56 Å². The number of aromatic nitrogens is 1. The van der Waals surface area contributed by atoms with E-state index in [4.69, 9.17) is 4.74 Å². The summed E-state index contributed by atoms with van der Waals surface area (Å²) in [5.41, 5.74) is 1.64. The van der Waals surface area contributed by atoms with Gasteiger partial charge in [-0.05, 0) is 12.5 Å². The Kier molecular flexibility index (Phi) is 4.76. The smallest absolute Gasteiger partial charge is 0.252 e. The van der Waals surface area contributed by atoms with Gasteiger partial charge in [0.1, 0.15) is 0 Å². The third-order valence-corrected chi connectivity index (χ3v) is 3.31. The molecule has 0 bridgehead atoms. The molecule has 2 aromatic rings. The van der Waals surface area contributed by atoms with Gasteiger partial charge in [-0.1, -0.05) is 18.2 Å². The van der Waals surface area contributed by atoms with E-state index in [1.54, 1.807) is 24.8 Å². The number of aryl methyl sites for hydroxylation is 1. The van der Waals surface area contributed by atoms with Gasteiger partial charge in [-0.15, -0.1) is 0 Å². The lowest BCUT2D eigenvalue weighted by molar-refractivity contribution is 0.0615. The van der Waals surface area contributed by atoms with Gasteiger partial charge in [0.2, 0.25) is 0 Å². The Labute approximate surface area is 117 Å². The van der Waals surface area contributed by atoms with Crippen molar-refractivity contribution in [2.45, 2.75) is 12.5 Å². The molecule has 0 saturated carbocycles.